The number of carbonyl (C=O) groups excluding carboxylic acids is 2. The van der Waals surface area contributed by atoms with Gasteiger partial charge in [0.2, 0.25) is 0 Å². The van der Waals surface area contributed by atoms with Crippen LogP contribution in [0.3, 0.4) is 0 Å². The molecule has 1 aliphatic carbocycles. The minimum Gasteiger partial charge on any atom is -0.497 e. The van der Waals surface area contributed by atoms with Crippen LogP contribution in [0.4, 0.5) is 0 Å². The number of carbonyl (C=O) groups is 2. The fourth-order valence-corrected chi connectivity index (χ4v) is 3.83. The SMILES string of the molecule is C=C(C)C(=O)OCCCOc1ccc(-c2ccc(/C=C/C(=O)Oc3ccc(OC)cc3C3CC3)cc2)cc1. The summed E-state index contributed by atoms with van der Waals surface area (Å²) in [5.41, 5.74) is 4.41. The number of rotatable bonds is 12. The van der Waals surface area contributed by atoms with Crippen molar-refractivity contribution >= 4 is 18.0 Å². The van der Waals surface area contributed by atoms with Gasteiger partial charge in [0.25, 0.3) is 0 Å². The molecule has 3 aromatic carbocycles. The maximum Gasteiger partial charge on any atom is 0.336 e. The molecular weight excluding hydrogens is 480 g/mol. The van der Waals surface area contributed by atoms with E-state index in [9.17, 15) is 9.59 Å². The zero-order chi connectivity index (χ0) is 26.9. The van der Waals surface area contributed by atoms with Crippen LogP contribution in [0.25, 0.3) is 17.2 Å². The normalized spacial score (nSPS) is 12.7. The van der Waals surface area contributed by atoms with Gasteiger partial charge in [0.1, 0.15) is 17.2 Å². The van der Waals surface area contributed by atoms with Crippen molar-refractivity contribution < 1.29 is 28.5 Å². The average molecular weight is 513 g/mol. The van der Waals surface area contributed by atoms with E-state index in [-0.39, 0.29) is 5.97 Å². The highest BCUT2D eigenvalue weighted by molar-refractivity contribution is 5.89. The molecule has 0 saturated heterocycles. The molecular formula is C32H32O6. The summed E-state index contributed by atoms with van der Waals surface area (Å²) in [7, 11) is 1.63. The van der Waals surface area contributed by atoms with Crippen LogP contribution in [0.1, 0.15) is 43.2 Å². The van der Waals surface area contributed by atoms with E-state index in [1.54, 1.807) is 32.2 Å². The monoisotopic (exact) mass is 512 g/mol. The van der Waals surface area contributed by atoms with Gasteiger partial charge in [-0.2, -0.15) is 0 Å². The van der Waals surface area contributed by atoms with Crippen LogP contribution in [-0.2, 0) is 14.3 Å². The van der Waals surface area contributed by atoms with Gasteiger partial charge in [0.05, 0.1) is 20.3 Å². The molecule has 1 aliphatic rings. The maximum absolute atomic E-state index is 12.4. The first-order valence-corrected chi connectivity index (χ1v) is 12.7. The first kappa shape index (κ1) is 26.7. The van der Waals surface area contributed by atoms with Gasteiger partial charge in [-0.05, 0) is 78.8 Å². The fraction of sp³-hybridized carbons (Fsp3) is 0.250. The first-order valence-electron chi connectivity index (χ1n) is 12.7. The number of ether oxygens (including phenoxy) is 4. The number of benzene rings is 3. The van der Waals surface area contributed by atoms with Gasteiger partial charge in [-0.3, -0.25) is 0 Å². The molecule has 0 radical (unpaired) electrons. The molecule has 0 atom stereocenters. The van der Waals surface area contributed by atoms with Crippen LogP contribution >= 0.6 is 0 Å². The summed E-state index contributed by atoms with van der Waals surface area (Å²) in [5.74, 6) is 1.75. The molecule has 1 fully saturated rings. The van der Waals surface area contributed by atoms with Gasteiger partial charge in [-0.25, -0.2) is 9.59 Å². The minimum absolute atomic E-state index is 0.297. The molecule has 0 amide bonds. The molecule has 6 nitrogen and oxygen atoms in total. The van der Waals surface area contributed by atoms with Crippen LogP contribution in [0, 0.1) is 0 Å². The van der Waals surface area contributed by atoms with Crippen LogP contribution in [-0.4, -0.2) is 32.3 Å². The van der Waals surface area contributed by atoms with Crippen molar-refractivity contribution in [2.45, 2.75) is 32.1 Å². The van der Waals surface area contributed by atoms with Crippen molar-refractivity contribution in [2.75, 3.05) is 20.3 Å². The van der Waals surface area contributed by atoms with Crippen molar-refractivity contribution in [2.24, 2.45) is 0 Å². The Morgan fingerprint density at radius 1 is 0.921 bits per heavy atom. The molecule has 0 bridgehead atoms. The Bertz CT molecular complexity index is 1300. The highest BCUT2D eigenvalue weighted by atomic mass is 16.5. The van der Waals surface area contributed by atoms with E-state index in [2.05, 4.69) is 6.58 Å². The quantitative estimate of drug-likeness (QED) is 0.116. The summed E-state index contributed by atoms with van der Waals surface area (Å²) in [4.78, 5) is 23.8. The van der Waals surface area contributed by atoms with Gasteiger partial charge < -0.3 is 18.9 Å². The second-order valence-electron chi connectivity index (χ2n) is 9.20. The van der Waals surface area contributed by atoms with Crippen molar-refractivity contribution in [3.63, 3.8) is 0 Å². The van der Waals surface area contributed by atoms with Gasteiger partial charge in [-0.1, -0.05) is 43.0 Å². The van der Waals surface area contributed by atoms with Crippen LogP contribution in [0.5, 0.6) is 17.2 Å². The Hall–Kier alpha value is -4.32. The first-order chi connectivity index (χ1) is 18.4. The molecule has 6 heteroatoms. The standard InChI is InChI=1S/C32H32O6/c1-22(2)32(34)37-20-4-19-36-27-14-12-25(13-15-27)24-8-5-23(6-9-24)7-18-31(33)38-30-17-16-28(35-3)21-29(30)26-10-11-26/h5-9,12-18,21,26H,1,4,10-11,19-20H2,2-3H3/b18-7+. The van der Waals surface area contributed by atoms with Crippen molar-refractivity contribution in [1.29, 1.82) is 0 Å². The zero-order valence-corrected chi connectivity index (χ0v) is 21.8. The molecule has 0 spiro atoms. The van der Waals surface area contributed by atoms with E-state index in [0.29, 0.717) is 36.9 Å². The van der Waals surface area contributed by atoms with E-state index in [4.69, 9.17) is 18.9 Å². The molecule has 0 aliphatic heterocycles. The Balaban J connectivity index is 1.27. The van der Waals surface area contributed by atoms with Gasteiger partial charge in [-0.15, -0.1) is 0 Å². The second-order valence-corrected chi connectivity index (χ2v) is 9.20. The highest BCUT2D eigenvalue weighted by Gasteiger charge is 2.28. The second kappa shape index (κ2) is 12.8. The van der Waals surface area contributed by atoms with E-state index >= 15 is 0 Å². The van der Waals surface area contributed by atoms with Crippen molar-refractivity contribution in [1.82, 2.24) is 0 Å². The number of hydrogen-bond donors (Lipinski definition) is 0. The molecule has 38 heavy (non-hydrogen) atoms. The predicted octanol–water partition coefficient (Wildman–Crippen LogP) is 6.75. The molecule has 0 heterocycles. The van der Waals surface area contributed by atoms with Crippen LogP contribution < -0.4 is 14.2 Å². The summed E-state index contributed by atoms with van der Waals surface area (Å²) in [6, 6.07) is 21.3. The molecule has 0 unspecified atom stereocenters. The van der Waals surface area contributed by atoms with E-state index in [1.807, 2.05) is 54.6 Å². The summed E-state index contributed by atoms with van der Waals surface area (Å²) in [5, 5.41) is 0. The van der Waals surface area contributed by atoms with Crippen LogP contribution in [0.15, 0.2) is 85.0 Å². The van der Waals surface area contributed by atoms with Crippen LogP contribution in [0.2, 0.25) is 0 Å². The Labute approximate surface area is 223 Å². The van der Waals surface area contributed by atoms with Crippen molar-refractivity contribution in [3.05, 3.63) is 96.1 Å². The number of methoxy groups -OCH3 is 1. The lowest BCUT2D eigenvalue weighted by Gasteiger charge is -2.10. The molecule has 0 N–H and O–H groups in total. The smallest absolute Gasteiger partial charge is 0.336 e. The minimum atomic E-state index is -0.411. The molecule has 196 valence electrons. The van der Waals surface area contributed by atoms with Gasteiger partial charge in [0.15, 0.2) is 0 Å². The molecule has 3 aromatic rings. The Morgan fingerprint density at radius 2 is 1.58 bits per heavy atom. The zero-order valence-electron chi connectivity index (χ0n) is 21.8. The maximum atomic E-state index is 12.4. The van der Waals surface area contributed by atoms with Crippen molar-refractivity contribution in [3.8, 4) is 28.4 Å². The summed E-state index contributed by atoms with van der Waals surface area (Å²) in [6.07, 6.45) is 6.00. The third-order valence-electron chi connectivity index (χ3n) is 6.09. The van der Waals surface area contributed by atoms with E-state index in [1.165, 1.54) is 6.08 Å². The largest absolute Gasteiger partial charge is 0.497 e. The lowest BCUT2D eigenvalue weighted by molar-refractivity contribution is -0.139. The predicted molar refractivity (Wildman–Crippen MR) is 147 cm³/mol. The lowest BCUT2D eigenvalue weighted by atomic mass is 10.0. The highest BCUT2D eigenvalue weighted by Crippen LogP contribution is 2.45. The summed E-state index contributed by atoms with van der Waals surface area (Å²) >= 11 is 0. The molecule has 0 aromatic heterocycles. The number of esters is 2. The van der Waals surface area contributed by atoms with E-state index in [0.717, 1.165) is 46.6 Å². The topological polar surface area (TPSA) is 71.1 Å². The summed E-state index contributed by atoms with van der Waals surface area (Å²) < 4.78 is 21.7. The average Bonchev–Trinajstić information content (AvgIpc) is 3.78. The third-order valence-corrected chi connectivity index (χ3v) is 6.09. The third kappa shape index (κ3) is 7.59. The fourth-order valence-electron chi connectivity index (χ4n) is 3.83. The summed E-state index contributed by atoms with van der Waals surface area (Å²) in [6.45, 7) is 5.92. The molecule has 4 rings (SSSR count). The van der Waals surface area contributed by atoms with E-state index < -0.39 is 5.97 Å². The van der Waals surface area contributed by atoms with Gasteiger partial charge >= 0.3 is 11.9 Å². The lowest BCUT2D eigenvalue weighted by Crippen LogP contribution is -2.09. The Kier molecular flexibility index (Phi) is 8.98. The Morgan fingerprint density at radius 3 is 2.21 bits per heavy atom. The molecule has 1 saturated carbocycles. The number of hydrogen-bond acceptors (Lipinski definition) is 6. The van der Waals surface area contributed by atoms with Gasteiger partial charge in [0, 0.05) is 23.6 Å².